The van der Waals surface area contributed by atoms with Gasteiger partial charge in [-0.1, -0.05) is 55.5 Å². The molecular formula is C31H38BFN2O8. The predicted molar refractivity (Wildman–Crippen MR) is 161 cm³/mol. The summed E-state index contributed by atoms with van der Waals surface area (Å²) < 4.78 is 37.0. The van der Waals surface area contributed by atoms with Crippen molar-refractivity contribution in [1.82, 2.24) is 4.90 Å². The number of carbonyl (C=O) groups is 2. The summed E-state index contributed by atoms with van der Waals surface area (Å²) >= 11 is 0. The summed E-state index contributed by atoms with van der Waals surface area (Å²) in [6, 6.07) is 16.8. The Kier molecular flexibility index (Phi) is 12.4. The fourth-order valence-corrected chi connectivity index (χ4v) is 4.45. The molecule has 3 rings (SSSR count). The number of nitrogens with zero attached hydrogens (tertiary/aromatic N) is 1. The van der Waals surface area contributed by atoms with E-state index in [1.165, 1.54) is 25.1 Å². The minimum atomic E-state index is -1.57. The number of rotatable bonds is 13. The van der Waals surface area contributed by atoms with Crippen LogP contribution >= 0.6 is 0 Å². The minimum Gasteiger partial charge on any atom is -0.485 e. The van der Waals surface area contributed by atoms with Crippen LogP contribution in [-0.4, -0.2) is 67.7 Å². The molecule has 10 nitrogen and oxygen atoms in total. The van der Waals surface area contributed by atoms with Gasteiger partial charge in [0, 0.05) is 37.4 Å². The number of benzene rings is 3. The van der Waals surface area contributed by atoms with E-state index in [2.05, 4.69) is 5.32 Å². The van der Waals surface area contributed by atoms with Crippen molar-refractivity contribution >= 4 is 30.5 Å². The molecular weight excluding hydrogens is 558 g/mol. The number of hydrogen-bond donors (Lipinski definition) is 3. The Morgan fingerprint density at radius 2 is 1.74 bits per heavy atom. The van der Waals surface area contributed by atoms with Crippen LogP contribution in [0.5, 0.6) is 5.75 Å². The van der Waals surface area contributed by atoms with Gasteiger partial charge in [-0.3, -0.25) is 5.32 Å². The Morgan fingerprint density at radius 1 is 1.02 bits per heavy atom. The number of amides is 2. The van der Waals surface area contributed by atoms with Crippen LogP contribution in [0.2, 0.25) is 0 Å². The molecule has 230 valence electrons. The molecule has 0 saturated heterocycles. The van der Waals surface area contributed by atoms with Crippen molar-refractivity contribution in [1.29, 1.82) is 0 Å². The number of methoxy groups -OCH3 is 1. The summed E-state index contributed by atoms with van der Waals surface area (Å²) in [4.78, 5) is 26.6. The Morgan fingerprint density at radius 3 is 2.40 bits per heavy atom. The minimum absolute atomic E-state index is 0.0226. The number of halogens is 1. The number of ether oxygens (including phenoxy) is 4. The Balaban J connectivity index is 1.70. The van der Waals surface area contributed by atoms with Crippen molar-refractivity contribution in [2.75, 3.05) is 32.7 Å². The van der Waals surface area contributed by atoms with Crippen molar-refractivity contribution in [2.45, 2.75) is 45.9 Å². The highest BCUT2D eigenvalue weighted by molar-refractivity contribution is 6.58. The molecule has 2 atom stereocenters. The van der Waals surface area contributed by atoms with E-state index in [0.29, 0.717) is 11.0 Å². The monoisotopic (exact) mass is 596 g/mol. The fraction of sp³-hybridized carbons (Fsp3) is 0.355. The molecule has 0 bridgehead atoms. The highest BCUT2D eigenvalue weighted by Crippen LogP contribution is 2.30. The molecule has 0 heterocycles. The number of anilines is 1. The molecule has 3 aromatic carbocycles. The van der Waals surface area contributed by atoms with Crippen molar-refractivity contribution in [3.05, 3.63) is 88.7 Å². The maximum Gasteiger partial charge on any atom is 0.488 e. The van der Waals surface area contributed by atoms with E-state index in [4.69, 9.17) is 18.9 Å². The average Bonchev–Trinajstić information content (AvgIpc) is 2.97. The molecule has 2 amide bonds. The van der Waals surface area contributed by atoms with Crippen LogP contribution in [0.3, 0.4) is 0 Å². The van der Waals surface area contributed by atoms with Gasteiger partial charge in [0.05, 0.1) is 19.8 Å². The first-order chi connectivity index (χ1) is 20.5. The first kappa shape index (κ1) is 33.4. The van der Waals surface area contributed by atoms with Crippen LogP contribution in [0.25, 0.3) is 0 Å². The molecule has 3 N–H and O–H groups in total. The van der Waals surface area contributed by atoms with Crippen LogP contribution in [0.4, 0.5) is 19.7 Å². The third kappa shape index (κ3) is 9.98. The quantitative estimate of drug-likeness (QED) is 0.249. The average molecular weight is 596 g/mol. The third-order valence-electron chi connectivity index (χ3n) is 6.60. The van der Waals surface area contributed by atoms with E-state index < -0.39 is 31.2 Å². The van der Waals surface area contributed by atoms with Gasteiger partial charge < -0.3 is 33.9 Å². The van der Waals surface area contributed by atoms with Gasteiger partial charge in [0.2, 0.25) is 0 Å². The summed E-state index contributed by atoms with van der Waals surface area (Å²) in [5.41, 5.74) is 3.29. The van der Waals surface area contributed by atoms with Crippen molar-refractivity contribution in [3.8, 4) is 5.75 Å². The van der Waals surface area contributed by atoms with Gasteiger partial charge in [-0.15, -0.1) is 0 Å². The maximum atomic E-state index is 15.3. The smallest absolute Gasteiger partial charge is 0.485 e. The SMILES string of the molecule is COCC(C)Oc1c(F)cc(NC(=O)OCC(C)c2ccc(B(O)O)cc2C)cc1CN(C)C(=O)OCc1ccccc1. The van der Waals surface area contributed by atoms with Gasteiger partial charge in [0.25, 0.3) is 0 Å². The fourth-order valence-electron chi connectivity index (χ4n) is 4.45. The Hall–Kier alpha value is -4.13. The maximum absolute atomic E-state index is 15.3. The molecule has 43 heavy (non-hydrogen) atoms. The van der Waals surface area contributed by atoms with Crippen molar-refractivity contribution in [3.63, 3.8) is 0 Å². The van der Waals surface area contributed by atoms with Gasteiger partial charge in [0.1, 0.15) is 12.7 Å². The highest BCUT2D eigenvalue weighted by atomic mass is 19.1. The summed E-state index contributed by atoms with van der Waals surface area (Å²) in [5.74, 6) is -1.01. The Bertz CT molecular complexity index is 1380. The van der Waals surface area contributed by atoms with E-state index in [1.807, 2.05) is 44.2 Å². The molecule has 12 heteroatoms. The zero-order chi connectivity index (χ0) is 31.5. The van der Waals surface area contributed by atoms with Crippen LogP contribution in [-0.2, 0) is 27.4 Å². The van der Waals surface area contributed by atoms with Crippen LogP contribution < -0.4 is 15.5 Å². The zero-order valence-electron chi connectivity index (χ0n) is 25.0. The van der Waals surface area contributed by atoms with Crippen LogP contribution in [0.1, 0.15) is 42.0 Å². The second kappa shape index (κ2) is 15.9. The molecule has 0 aliphatic rings. The van der Waals surface area contributed by atoms with Gasteiger partial charge in [-0.05, 0) is 42.1 Å². The number of nitrogens with one attached hydrogen (secondary N) is 1. The van der Waals surface area contributed by atoms with Gasteiger partial charge >= 0.3 is 19.3 Å². The van der Waals surface area contributed by atoms with E-state index in [0.717, 1.165) is 22.8 Å². The van der Waals surface area contributed by atoms with E-state index >= 15 is 4.39 Å². The second-order valence-electron chi connectivity index (χ2n) is 10.3. The summed E-state index contributed by atoms with van der Waals surface area (Å²) in [6.07, 6.45) is -1.91. The lowest BCUT2D eigenvalue weighted by Crippen LogP contribution is -2.30. The third-order valence-corrected chi connectivity index (χ3v) is 6.60. The number of carbonyl (C=O) groups excluding carboxylic acids is 2. The molecule has 0 aliphatic carbocycles. The molecule has 0 aliphatic heterocycles. The standard InChI is InChI=1S/C31H38BFN2O8/c1-20-13-25(32(38)39)11-12-27(20)21(2)17-41-30(36)34-26-14-24(29(28(33)15-26)43-22(3)18-40-5)16-35(4)31(37)42-19-23-9-7-6-8-10-23/h6-15,21-22,38-39H,16-19H2,1-5H3,(H,34,36). The lowest BCUT2D eigenvalue weighted by Gasteiger charge is -2.22. The molecule has 0 aromatic heterocycles. The number of aryl methyl sites for hydroxylation is 1. The molecule has 0 saturated carbocycles. The lowest BCUT2D eigenvalue weighted by atomic mass is 9.78. The summed E-state index contributed by atoms with van der Waals surface area (Å²) in [7, 11) is 1.44. The summed E-state index contributed by atoms with van der Waals surface area (Å²) in [6.45, 7) is 5.65. The van der Waals surface area contributed by atoms with E-state index in [1.54, 1.807) is 25.1 Å². The molecule has 0 fully saturated rings. The molecule has 0 spiro atoms. The lowest BCUT2D eigenvalue weighted by molar-refractivity contribution is 0.0863. The molecule has 2 unspecified atom stereocenters. The van der Waals surface area contributed by atoms with Crippen molar-refractivity contribution < 1.29 is 43.0 Å². The van der Waals surface area contributed by atoms with E-state index in [-0.39, 0.29) is 43.7 Å². The summed E-state index contributed by atoms with van der Waals surface area (Å²) in [5, 5.41) is 21.3. The van der Waals surface area contributed by atoms with Crippen molar-refractivity contribution in [2.24, 2.45) is 0 Å². The van der Waals surface area contributed by atoms with E-state index in [9.17, 15) is 19.6 Å². The molecule has 0 radical (unpaired) electrons. The predicted octanol–water partition coefficient (Wildman–Crippen LogP) is 4.35. The Labute approximate surface area is 251 Å². The highest BCUT2D eigenvalue weighted by Gasteiger charge is 2.21. The first-order valence-corrected chi connectivity index (χ1v) is 13.8. The van der Waals surface area contributed by atoms with Crippen LogP contribution in [0, 0.1) is 12.7 Å². The number of hydrogen-bond acceptors (Lipinski definition) is 8. The second-order valence-corrected chi connectivity index (χ2v) is 10.3. The first-order valence-electron chi connectivity index (χ1n) is 13.8. The van der Waals surface area contributed by atoms with Crippen LogP contribution in [0.15, 0.2) is 60.7 Å². The normalized spacial score (nSPS) is 12.2. The largest absolute Gasteiger partial charge is 0.488 e. The zero-order valence-corrected chi connectivity index (χ0v) is 25.0. The van der Waals surface area contributed by atoms with Gasteiger partial charge in [0.15, 0.2) is 11.6 Å². The molecule has 3 aromatic rings. The van der Waals surface area contributed by atoms with Gasteiger partial charge in [-0.2, -0.15) is 0 Å². The topological polar surface area (TPSA) is 127 Å². The van der Waals surface area contributed by atoms with Gasteiger partial charge in [-0.25, -0.2) is 14.0 Å².